The van der Waals surface area contributed by atoms with Gasteiger partial charge in [-0.3, -0.25) is 0 Å². The van der Waals surface area contributed by atoms with E-state index in [4.69, 9.17) is 28.4 Å². The highest BCUT2D eigenvalue weighted by molar-refractivity contribution is 5.89. The molecule has 1 aliphatic rings. The second kappa shape index (κ2) is 17.5. The molecule has 1 aliphatic heterocycles. The molecule has 7 heteroatoms. The lowest BCUT2D eigenvalue weighted by Crippen LogP contribution is -2.62. The van der Waals surface area contributed by atoms with Crippen LogP contribution in [0.15, 0.2) is 152 Å². The molecule has 0 N–H and O–H groups in total. The maximum Gasteiger partial charge on any atom is 0.340 e. The third-order valence-corrected chi connectivity index (χ3v) is 8.07. The molecule has 0 radical (unpaired) electrons. The molecule has 1 heterocycles. The smallest absolute Gasteiger partial charge is 0.340 e. The molecule has 6 rings (SSSR count). The van der Waals surface area contributed by atoms with Crippen molar-refractivity contribution in [3.8, 4) is 0 Å². The van der Waals surface area contributed by atoms with Crippen molar-refractivity contribution < 1.29 is 33.2 Å². The summed E-state index contributed by atoms with van der Waals surface area (Å²) in [6.07, 6.45) is -3.90. The molecule has 246 valence electrons. The van der Waals surface area contributed by atoms with Crippen molar-refractivity contribution in [2.75, 3.05) is 6.61 Å². The molecule has 0 unspecified atom stereocenters. The number of hydrogen-bond acceptors (Lipinski definition) is 7. The molecule has 1 saturated heterocycles. The van der Waals surface area contributed by atoms with Gasteiger partial charge in [0.05, 0.1) is 38.6 Å². The monoisotopic (exact) mass is 644 g/mol. The second-order valence-electron chi connectivity index (χ2n) is 11.6. The fourth-order valence-corrected chi connectivity index (χ4v) is 5.59. The van der Waals surface area contributed by atoms with E-state index in [2.05, 4.69) is 0 Å². The number of hydrogen-bond donors (Lipinski definition) is 0. The number of ether oxygens (including phenoxy) is 6. The first kappa shape index (κ1) is 33.3. The van der Waals surface area contributed by atoms with Crippen LogP contribution in [0.5, 0.6) is 0 Å². The minimum Gasteiger partial charge on any atom is -0.429 e. The van der Waals surface area contributed by atoms with Crippen LogP contribution in [0.4, 0.5) is 0 Å². The highest BCUT2D eigenvalue weighted by Crippen LogP contribution is 2.32. The van der Waals surface area contributed by atoms with Gasteiger partial charge in [-0.2, -0.15) is 0 Å². The standard InChI is InChI=1S/C41H40O7/c42-40(35-24-14-5-15-25-35)48-41-39(46-29-34-22-12-4-13-23-34)38(45-28-33-20-10-3-11-21-33)37(44-27-32-18-8-2-9-19-32)36(47-41)30-43-26-31-16-6-1-7-17-31/h1-25,36-39,41H,26-30H2/t36-,37+,38+,39-,41+/m1/s1. The average Bonchev–Trinajstić information content (AvgIpc) is 3.15. The first-order valence-corrected chi connectivity index (χ1v) is 16.2. The van der Waals surface area contributed by atoms with Crippen molar-refractivity contribution in [3.63, 3.8) is 0 Å². The third kappa shape index (κ3) is 9.47. The van der Waals surface area contributed by atoms with E-state index < -0.39 is 36.7 Å². The summed E-state index contributed by atoms with van der Waals surface area (Å²) in [4.78, 5) is 13.5. The molecule has 5 atom stereocenters. The van der Waals surface area contributed by atoms with Crippen molar-refractivity contribution >= 4 is 5.97 Å². The van der Waals surface area contributed by atoms with E-state index in [1.54, 1.807) is 24.3 Å². The van der Waals surface area contributed by atoms with Gasteiger partial charge in [0.1, 0.15) is 24.4 Å². The maximum atomic E-state index is 13.5. The predicted octanol–water partition coefficient (Wildman–Crippen LogP) is 7.54. The predicted molar refractivity (Wildman–Crippen MR) is 182 cm³/mol. The fourth-order valence-electron chi connectivity index (χ4n) is 5.59. The minimum atomic E-state index is -1.11. The summed E-state index contributed by atoms with van der Waals surface area (Å²) in [5.41, 5.74) is 4.39. The molecule has 0 saturated carbocycles. The van der Waals surface area contributed by atoms with Gasteiger partial charge in [0.2, 0.25) is 6.29 Å². The zero-order valence-electron chi connectivity index (χ0n) is 26.7. The van der Waals surface area contributed by atoms with E-state index in [0.29, 0.717) is 25.4 Å². The Morgan fingerprint density at radius 2 is 0.875 bits per heavy atom. The lowest BCUT2D eigenvalue weighted by molar-refractivity contribution is -0.315. The van der Waals surface area contributed by atoms with E-state index in [-0.39, 0.29) is 13.2 Å². The Kier molecular flexibility index (Phi) is 12.1. The molecule has 5 aromatic carbocycles. The van der Waals surface area contributed by atoms with E-state index in [1.165, 1.54) is 0 Å². The Morgan fingerprint density at radius 1 is 0.479 bits per heavy atom. The Balaban J connectivity index is 1.32. The highest BCUT2D eigenvalue weighted by atomic mass is 16.7. The van der Waals surface area contributed by atoms with Gasteiger partial charge in [0.25, 0.3) is 0 Å². The topological polar surface area (TPSA) is 72.5 Å². The van der Waals surface area contributed by atoms with Gasteiger partial charge in [-0.25, -0.2) is 4.79 Å². The normalized spacial score (nSPS) is 20.6. The van der Waals surface area contributed by atoms with Crippen molar-refractivity contribution in [1.82, 2.24) is 0 Å². The second-order valence-corrected chi connectivity index (χ2v) is 11.6. The van der Waals surface area contributed by atoms with Crippen LogP contribution in [0.3, 0.4) is 0 Å². The minimum absolute atomic E-state index is 0.171. The van der Waals surface area contributed by atoms with E-state index in [0.717, 1.165) is 22.3 Å². The summed E-state index contributed by atoms with van der Waals surface area (Å²) < 4.78 is 38.8. The number of carbonyl (C=O) groups is 1. The van der Waals surface area contributed by atoms with Crippen molar-refractivity contribution in [1.29, 1.82) is 0 Å². The molecule has 1 fully saturated rings. The van der Waals surface area contributed by atoms with Crippen molar-refractivity contribution in [3.05, 3.63) is 179 Å². The van der Waals surface area contributed by atoms with Crippen LogP contribution in [0, 0.1) is 0 Å². The SMILES string of the molecule is O=C(O[C@@H]1O[C@H](COCc2ccccc2)[C@H](OCc2ccccc2)[C@H](OCc2ccccc2)[C@H]1OCc1ccccc1)c1ccccc1. The first-order chi connectivity index (χ1) is 23.7. The van der Waals surface area contributed by atoms with Gasteiger partial charge < -0.3 is 28.4 Å². The molecular weight excluding hydrogens is 604 g/mol. The summed E-state index contributed by atoms with van der Waals surface area (Å²) in [6.45, 7) is 1.41. The van der Waals surface area contributed by atoms with Gasteiger partial charge in [-0.15, -0.1) is 0 Å². The summed E-state index contributed by atoms with van der Waals surface area (Å²) in [7, 11) is 0. The molecule has 5 aromatic rings. The quantitative estimate of drug-likeness (QED) is 0.109. The number of benzene rings is 5. The first-order valence-electron chi connectivity index (χ1n) is 16.2. The van der Waals surface area contributed by atoms with Crippen LogP contribution in [-0.2, 0) is 54.8 Å². The summed E-state index contributed by atoms with van der Waals surface area (Å²) in [5.74, 6) is -0.525. The lowest BCUT2D eigenvalue weighted by Gasteiger charge is -2.45. The number of rotatable bonds is 15. The van der Waals surface area contributed by atoms with E-state index in [9.17, 15) is 4.79 Å². The Hall–Kier alpha value is -4.63. The average molecular weight is 645 g/mol. The van der Waals surface area contributed by atoms with E-state index >= 15 is 0 Å². The van der Waals surface area contributed by atoms with Crippen molar-refractivity contribution in [2.45, 2.75) is 57.1 Å². The lowest BCUT2D eigenvalue weighted by atomic mass is 9.97. The number of esters is 1. The fraction of sp³-hybridized carbons (Fsp3) is 0.244. The van der Waals surface area contributed by atoms with Crippen LogP contribution in [0.1, 0.15) is 32.6 Å². The number of carbonyl (C=O) groups excluding carboxylic acids is 1. The molecule has 0 bridgehead atoms. The summed E-state index contributed by atoms with van der Waals surface area (Å²) >= 11 is 0. The van der Waals surface area contributed by atoms with Crippen LogP contribution in [0.2, 0.25) is 0 Å². The zero-order chi connectivity index (χ0) is 32.8. The van der Waals surface area contributed by atoms with Gasteiger partial charge >= 0.3 is 5.97 Å². The molecule has 0 aromatic heterocycles. The third-order valence-electron chi connectivity index (χ3n) is 8.07. The van der Waals surface area contributed by atoms with Gasteiger partial charge in [-0.05, 0) is 34.4 Å². The Labute approximate surface area is 282 Å². The summed E-state index contributed by atoms with van der Waals surface area (Å²) in [5, 5.41) is 0. The van der Waals surface area contributed by atoms with Gasteiger partial charge in [0.15, 0.2) is 0 Å². The van der Waals surface area contributed by atoms with Gasteiger partial charge in [0, 0.05) is 0 Å². The van der Waals surface area contributed by atoms with Crippen LogP contribution in [-0.4, -0.2) is 43.3 Å². The molecule has 0 amide bonds. The molecule has 7 nitrogen and oxygen atoms in total. The van der Waals surface area contributed by atoms with Crippen LogP contribution >= 0.6 is 0 Å². The molecule has 0 spiro atoms. The Morgan fingerprint density at radius 3 is 1.35 bits per heavy atom. The largest absolute Gasteiger partial charge is 0.429 e. The van der Waals surface area contributed by atoms with E-state index in [1.807, 2.05) is 127 Å². The van der Waals surface area contributed by atoms with Crippen LogP contribution < -0.4 is 0 Å². The molecule has 0 aliphatic carbocycles. The Bertz CT molecular complexity index is 1640. The highest BCUT2D eigenvalue weighted by Gasteiger charge is 2.50. The molecule has 48 heavy (non-hydrogen) atoms. The zero-order valence-corrected chi connectivity index (χ0v) is 26.7. The summed E-state index contributed by atoms with van der Waals surface area (Å²) in [6, 6.07) is 48.5. The van der Waals surface area contributed by atoms with Crippen molar-refractivity contribution in [2.24, 2.45) is 0 Å². The maximum absolute atomic E-state index is 13.5. The van der Waals surface area contributed by atoms with Gasteiger partial charge in [-0.1, -0.05) is 140 Å². The molecular formula is C41H40O7. The van der Waals surface area contributed by atoms with Crippen LogP contribution in [0.25, 0.3) is 0 Å².